The molecule has 0 atom stereocenters. The van der Waals surface area contributed by atoms with Gasteiger partial charge in [0.25, 0.3) is 0 Å². The Morgan fingerprint density at radius 3 is 1.73 bits per heavy atom. The quantitative estimate of drug-likeness (QED) is 0.250. The summed E-state index contributed by atoms with van der Waals surface area (Å²) in [4.78, 5) is 0. The van der Waals surface area contributed by atoms with E-state index in [1.807, 2.05) is 0 Å². The Kier molecular flexibility index (Phi) is 6.34. The van der Waals surface area contributed by atoms with Gasteiger partial charge in [-0.3, -0.25) is 0 Å². The maximum atomic E-state index is 13.9. The zero-order valence-electron chi connectivity index (χ0n) is 14.3. The molecular weight excluding hydrogens is 466 g/mol. The SMILES string of the molecule is Fc1cc(C2CCC(C3CCC(I)CC3)CC2)cc(F)c1OC(F)(F)F. The van der Waals surface area contributed by atoms with E-state index in [0.717, 1.165) is 47.7 Å². The molecule has 3 rings (SSSR count). The summed E-state index contributed by atoms with van der Waals surface area (Å²) in [6.45, 7) is 0. The molecule has 0 spiro atoms. The molecule has 26 heavy (non-hydrogen) atoms. The summed E-state index contributed by atoms with van der Waals surface area (Å²) in [7, 11) is 0. The van der Waals surface area contributed by atoms with Crippen LogP contribution in [0.15, 0.2) is 12.1 Å². The third-order valence-corrected chi connectivity index (χ3v) is 7.10. The van der Waals surface area contributed by atoms with Gasteiger partial charge in [0, 0.05) is 3.92 Å². The van der Waals surface area contributed by atoms with Crippen molar-refractivity contribution in [2.75, 3.05) is 0 Å². The molecule has 0 unspecified atom stereocenters. The van der Waals surface area contributed by atoms with Gasteiger partial charge in [-0.05, 0) is 86.8 Å². The molecule has 2 aliphatic carbocycles. The van der Waals surface area contributed by atoms with E-state index in [2.05, 4.69) is 27.3 Å². The topological polar surface area (TPSA) is 9.23 Å². The molecule has 0 amide bonds. The predicted molar refractivity (Wildman–Crippen MR) is 97.5 cm³/mol. The van der Waals surface area contributed by atoms with Crippen molar-refractivity contribution in [3.8, 4) is 5.75 Å². The van der Waals surface area contributed by atoms with E-state index in [4.69, 9.17) is 0 Å². The highest BCUT2D eigenvalue weighted by Gasteiger charge is 2.35. The standard InChI is InChI=1S/C19H22F5IO/c20-16-9-14(10-17(21)18(16)26-19(22,23)24)13-3-1-11(2-4-13)12-5-7-15(25)8-6-12/h9-13,15H,1-8H2. The minimum atomic E-state index is -5.11. The molecule has 0 aromatic heterocycles. The van der Waals surface area contributed by atoms with E-state index < -0.39 is 23.7 Å². The second kappa shape index (κ2) is 8.19. The van der Waals surface area contributed by atoms with Crippen molar-refractivity contribution in [1.29, 1.82) is 0 Å². The third kappa shape index (κ3) is 5.01. The Hall–Kier alpha value is -0.600. The van der Waals surface area contributed by atoms with Crippen molar-refractivity contribution in [3.05, 3.63) is 29.3 Å². The fraction of sp³-hybridized carbons (Fsp3) is 0.684. The van der Waals surface area contributed by atoms with Crippen LogP contribution in [0.25, 0.3) is 0 Å². The van der Waals surface area contributed by atoms with Crippen LogP contribution in [-0.4, -0.2) is 10.3 Å². The van der Waals surface area contributed by atoms with Gasteiger partial charge in [0.15, 0.2) is 11.6 Å². The van der Waals surface area contributed by atoms with Crippen LogP contribution in [0.4, 0.5) is 22.0 Å². The van der Waals surface area contributed by atoms with Crippen LogP contribution < -0.4 is 4.74 Å². The largest absolute Gasteiger partial charge is 0.573 e. The van der Waals surface area contributed by atoms with E-state index in [9.17, 15) is 22.0 Å². The molecule has 7 heteroatoms. The fourth-order valence-electron chi connectivity index (χ4n) is 4.50. The lowest BCUT2D eigenvalue weighted by Crippen LogP contribution is -2.25. The summed E-state index contributed by atoms with van der Waals surface area (Å²) in [5.74, 6) is -2.54. The lowest BCUT2D eigenvalue weighted by atomic mass is 9.70. The normalized spacial score (nSPS) is 30.2. The highest BCUT2D eigenvalue weighted by atomic mass is 127. The molecule has 2 aliphatic rings. The zero-order chi connectivity index (χ0) is 18.9. The number of alkyl halides is 4. The van der Waals surface area contributed by atoms with Gasteiger partial charge in [-0.1, -0.05) is 22.6 Å². The van der Waals surface area contributed by atoms with Crippen molar-refractivity contribution in [3.63, 3.8) is 0 Å². The van der Waals surface area contributed by atoms with Gasteiger partial charge in [-0.2, -0.15) is 0 Å². The van der Waals surface area contributed by atoms with E-state index in [1.54, 1.807) is 0 Å². The lowest BCUT2D eigenvalue weighted by Gasteiger charge is -2.37. The molecule has 2 fully saturated rings. The first-order valence-corrected chi connectivity index (χ1v) is 10.4. The molecule has 0 bridgehead atoms. The minimum absolute atomic E-state index is 0.00361. The van der Waals surface area contributed by atoms with Gasteiger partial charge in [0.2, 0.25) is 5.75 Å². The van der Waals surface area contributed by atoms with Crippen LogP contribution in [0.1, 0.15) is 62.8 Å². The average Bonchev–Trinajstić information content (AvgIpc) is 2.58. The van der Waals surface area contributed by atoms with Gasteiger partial charge in [-0.25, -0.2) is 8.78 Å². The van der Waals surface area contributed by atoms with Gasteiger partial charge < -0.3 is 4.74 Å². The van der Waals surface area contributed by atoms with Crippen LogP contribution in [-0.2, 0) is 0 Å². The average molecular weight is 488 g/mol. The van der Waals surface area contributed by atoms with Crippen LogP contribution in [0, 0.1) is 23.5 Å². The van der Waals surface area contributed by atoms with E-state index in [-0.39, 0.29) is 5.92 Å². The van der Waals surface area contributed by atoms with Gasteiger partial charge >= 0.3 is 6.36 Å². The smallest absolute Gasteiger partial charge is 0.399 e. The number of halogens is 6. The molecule has 146 valence electrons. The molecule has 2 saturated carbocycles. The predicted octanol–water partition coefficient (Wildman–Crippen LogP) is 7.13. The molecule has 1 nitrogen and oxygen atoms in total. The summed E-state index contributed by atoms with van der Waals surface area (Å²) in [6, 6.07) is 1.99. The van der Waals surface area contributed by atoms with Crippen molar-refractivity contribution >= 4 is 22.6 Å². The summed E-state index contributed by atoms with van der Waals surface area (Å²) in [5, 5.41) is 0. The zero-order valence-corrected chi connectivity index (χ0v) is 16.5. The Morgan fingerprint density at radius 1 is 0.808 bits per heavy atom. The van der Waals surface area contributed by atoms with E-state index in [1.165, 1.54) is 25.7 Å². The van der Waals surface area contributed by atoms with Crippen molar-refractivity contribution in [2.45, 2.75) is 67.6 Å². The van der Waals surface area contributed by atoms with Crippen molar-refractivity contribution < 1.29 is 26.7 Å². The van der Waals surface area contributed by atoms with Crippen molar-refractivity contribution in [1.82, 2.24) is 0 Å². The molecule has 0 saturated heterocycles. The lowest BCUT2D eigenvalue weighted by molar-refractivity contribution is -0.276. The number of hydrogen-bond acceptors (Lipinski definition) is 1. The first kappa shape index (κ1) is 20.1. The second-order valence-electron chi connectivity index (χ2n) is 7.49. The first-order valence-electron chi connectivity index (χ1n) is 9.11. The maximum Gasteiger partial charge on any atom is 0.573 e. The van der Waals surface area contributed by atoms with Crippen LogP contribution in [0.5, 0.6) is 5.75 Å². The van der Waals surface area contributed by atoms with Gasteiger partial charge in [-0.15, -0.1) is 13.2 Å². The number of rotatable bonds is 3. The highest BCUT2D eigenvalue weighted by molar-refractivity contribution is 14.1. The number of ether oxygens (including phenoxy) is 1. The second-order valence-corrected chi connectivity index (χ2v) is 9.25. The fourth-order valence-corrected chi connectivity index (χ4v) is 5.22. The summed E-state index contributed by atoms with van der Waals surface area (Å²) >= 11 is 2.51. The first-order chi connectivity index (χ1) is 12.2. The number of benzene rings is 1. The highest BCUT2D eigenvalue weighted by Crippen LogP contribution is 2.44. The molecule has 0 aliphatic heterocycles. The Morgan fingerprint density at radius 2 is 1.27 bits per heavy atom. The molecule has 0 heterocycles. The molecule has 1 aromatic rings. The molecule has 0 N–H and O–H groups in total. The minimum Gasteiger partial charge on any atom is -0.399 e. The maximum absolute atomic E-state index is 13.9. The third-order valence-electron chi connectivity index (χ3n) is 5.85. The van der Waals surface area contributed by atoms with Crippen LogP contribution in [0.3, 0.4) is 0 Å². The molecular formula is C19H22F5IO. The Bertz CT molecular complexity index is 594. The van der Waals surface area contributed by atoms with Gasteiger partial charge in [0.05, 0.1) is 0 Å². The Labute approximate surface area is 163 Å². The van der Waals surface area contributed by atoms with E-state index >= 15 is 0 Å². The summed E-state index contributed by atoms with van der Waals surface area (Å²) < 4.78 is 68.8. The van der Waals surface area contributed by atoms with E-state index in [0.29, 0.717) is 11.5 Å². The molecule has 1 aromatic carbocycles. The molecule has 0 radical (unpaired) electrons. The van der Waals surface area contributed by atoms with Gasteiger partial charge in [0.1, 0.15) is 0 Å². The van der Waals surface area contributed by atoms with Crippen molar-refractivity contribution in [2.24, 2.45) is 11.8 Å². The number of hydrogen-bond donors (Lipinski definition) is 0. The van der Waals surface area contributed by atoms with Crippen LogP contribution in [0.2, 0.25) is 0 Å². The summed E-state index contributed by atoms with van der Waals surface area (Å²) in [5.41, 5.74) is 0.434. The monoisotopic (exact) mass is 488 g/mol. The summed E-state index contributed by atoms with van der Waals surface area (Å²) in [6.07, 6.45) is 3.63. The Balaban J connectivity index is 1.62. The van der Waals surface area contributed by atoms with Crippen LogP contribution >= 0.6 is 22.6 Å².